The number of ether oxygens (including phenoxy) is 1. The van der Waals surface area contributed by atoms with E-state index in [1.54, 1.807) is 23.1 Å². The molecule has 4 rings (SSSR count). The minimum atomic E-state index is -0.369. The third-order valence-electron chi connectivity index (χ3n) is 6.04. The molecule has 1 amide bonds. The van der Waals surface area contributed by atoms with Crippen molar-refractivity contribution >= 4 is 5.91 Å². The summed E-state index contributed by atoms with van der Waals surface area (Å²) < 4.78 is 5.88. The second kappa shape index (κ2) is 10.5. The molecule has 0 aliphatic carbocycles. The highest BCUT2D eigenvalue weighted by Crippen LogP contribution is 2.44. The number of carbonyl (C=O) groups excluding carboxylic acids is 1. The molecule has 2 aromatic carbocycles. The van der Waals surface area contributed by atoms with Gasteiger partial charge in [0, 0.05) is 24.3 Å². The molecule has 0 saturated heterocycles. The first-order chi connectivity index (χ1) is 16.2. The summed E-state index contributed by atoms with van der Waals surface area (Å²) in [6.45, 7) is 3.29. The average Bonchev–Trinajstić information content (AvgIpc) is 3.37. The number of rotatable bonds is 11. The van der Waals surface area contributed by atoms with Gasteiger partial charge in [0.15, 0.2) is 0 Å². The van der Waals surface area contributed by atoms with E-state index in [-0.39, 0.29) is 24.3 Å². The molecular formula is C26H31N3O4. The quantitative estimate of drug-likeness (QED) is 0.370. The summed E-state index contributed by atoms with van der Waals surface area (Å²) in [7, 11) is 0. The van der Waals surface area contributed by atoms with E-state index >= 15 is 0 Å². The molecule has 3 aromatic rings. The minimum absolute atomic E-state index is 0.000174. The largest absolute Gasteiger partial charge is 0.507 e. The second-order valence-electron chi connectivity index (χ2n) is 8.33. The summed E-state index contributed by atoms with van der Waals surface area (Å²) in [5, 5.41) is 27.1. The Morgan fingerprint density at radius 1 is 1.06 bits per heavy atom. The van der Waals surface area contributed by atoms with E-state index in [2.05, 4.69) is 17.1 Å². The zero-order valence-corrected chi connectivity index (χ0v) is 19.0. The lowest BCUT2D eigenvalue weighted by Crippen LogP contribution is -2.31. The lowest BCUT2D eigenvalue weighted by Gasteiger charge is -2.26. The number of amides is 1. The van der Waals surface area contributed by atoms with E-state index in [4.69, 9.17) is 4.74 Å². The normalized spacial score (nSPS) is 15.2. The van der Waals surface area contributed by atoms with Crippen molar-refractivity contribution in [3.8, 4) is 22.8 Å². The molecule has 0 radical (unpaired) electrons. The molecule has 0 fully saturated rings. The number of carbonyl (C=O) groups is 1. The first-order valence-corrected chi connectivity index (χ1v) is 11.7. The molecule has 174 valence electrons. The summed E-state index contributed by atoms with van der Waals surface area (Å²) in [5.74, 6) is 0.752. The van der Waals surface area contributed by atoms with Crippen LogP contribution in [0.2, 0.25) is 0 Å². The molecule has 0 bridgehead atoms. The van der Waals surface area contributed by atoms with E-state index in [1.165, 1.54) is 12.8 Å². The van der Waals surface area contributed by atoms with Crippen molar-refractivity contribution in [2.75, 3.05) is 19.8 Å². The zero-order chi connectivity index (χ0) is 23.2. The number of aromatic hydroxyl groups is 1. The molecule has 7 heteroatoms. The van der Waals surface area contributed by atoms with Crippen LogP contribution in [0, 0.1) is 0 Å². The van der Waals surface area contributed by atoms with Crippen LogP contribution in [0.4, 0.5) is 0 Å². The van der Waals surface area contributed by atoms with Crippen LogP contribution in [0.25, 0.3) is 11.3 Å². The highest BCUT2D eigenvalue weighted by atomic mass is 16.5. The Labute approximate surface area is 194 Å². The van der Waals surface area contributed by atoms with Gasteiger partial charge < -0.3 is 19.8 Å². The second-order valence-corrected chi connectivity index (χ2v) is 8.33. The number of unbranched alkanes of at least 4 members (excludes halogenated alkanes) is 3. The predicted molar refractivity (Wildman–Crippen MR) is 126 cm³/mol. The van der Waals surface area contributed by atoms with Crippen molar-refractivity contribution in [2.45, 2.75) is 45.1 Å². The number of aliphatic hydroxyl groups excluding tert-OH is 1. The van der Waals surface area contributed by atoms with Gasteiger partial charge in [-0.3, -0.25) is 9.89 Å². The van der Waals surface area contributed by atoms with Crippen molar-refractivity contribution < 1.29 is 19.7 Å². The van der Waals surface area contributed by atoms with Gasteiger partial charge in [0.25, 0.3) is 5.91 Å². The maximum absolute atomic E-state index is 13.2. The first-order valence-electron chi connectivity index (χ1n) is 11.7. The molecule has 3 N–H and O–H groups in total. The maximum atomic E-state index is 13.2. The highest BCUT2D eigenvalue weighted by Gasteiger charge is 2.42. The number of hydrogen-bond donors (Lipinski definition) is 3. The summed E-state index contributed by atoms with van der Waals surface area (Å²) in [6.07, 6.45) is 5.08. The fraction of sp³-hybridized carbons (Fsp3) is 0.385. The van der Waals surface area contributed by atoms with Gasteiger partial charge in [0.2, 0.25) is 0 Å². The SMILES string of the molecule is CCCCCCOc1ccc([C@@H]2c3c(-c4ccccc4O)n[nH]c3C(=O)N2CCCO)cc1. The van der Waals surface area contributed by atoms with Crippen LogP contribution in [0.5, 0.6) is 11.5 Å². The standard InChI is InChI=1S/C26H31N3O4/c1-2-3-4-7-17-33-19-13-11-18(12-14-19)25-22-23(20-9-5-6-10-21(20)31)27-28-24(22)26(32)29(25)15-8-16-30/h5-6,9-14,25,30-31H,2-4,7-8,15-17H2,1H3,(H,27,28)/t25-/m1/s1. The van der Waals surface area contributed by atoms with E-state index in [1.807, 2.05) is 30.3 Å². The van der Waals surface area contributed by atoms with Crippen molar-refractivity contribution in [1.29, 1.82) is 0 Å². The fourth-order valence-electron chi connectivity index (χ4n) is 4.36. The number of H-pyrrole nitrogens is 1. The van der Waals surface area contributed by atoms with Crippen molar-refractivity contribution in [2.24, 2.45) is 0 Å². The van der Waals surface area contributed by atoms with Crippen molar-refractivity contribution in [3.05, 3.63) is 65.4 Å². The number of hydrogen-bond acceptors (Lipinski definition) is 5. The fourth-order valence-corrected chi connectivity index (χ4v) is 4.36. The van der Waals surface area contributed by atoms with Gasteiger partial charge in [-0.05, 0) is 42.7 Å². The topological polar surface area (TPSA) is 98.7 Å². The number of aromatic nitrogens is 2. The molecule has 0 spiro atoms. The molecule has 7 nitrogen and oxygen atoms in total. The maximum Gasteiger partial charge on any atom is 0.273 e. The summed E-state index contributed by atoms with van der Waals surface area (Å²) in [4.78, 5) is 14.9. The number of aromatic amines is 1. The Morgan fingerprint density at radius 2 is 1.85 bits per heavy atom. The van der Waals surface area contributed by atoms with Gasteiger partial charge in [-0.2, -0.15) is 5.10 Å². The number of para-hydroxylation sites is 1. The molecule has 0 unspecified atom stereocenters. The summed E-state index contributed by atoms with van der Waals surface area (Å²) in [6, 6.07) is 14.4. The van der Waals surface area contributed by atoms with Gasteiger partial charge in [-0.15, -0.1) is 0 Å². The number of phenolic OH excluding ortho intramolecular Hbond substituents is 1. The van der Waals surface area contributed by atoms with E-state index in [9.17, 15) is 15.0 Å². The van der Waals surface area contributed by atoms with Crippen molar-refractivity contribution in [3.63, 3.8) is 0 Å². The van der Waals surface area contributed by atoms with Crippen LogP contribution >= 0.6 is 0 Å². The number of benzene rings is 2. The number of nitrogens with zero attached hydrogens (tertiary/aromatic N) is 2. The number of nitrogens with one attached hydrogen (secondary N) is 1. The van der Waals surface area contributed by atoms with Gasteiger partial charge in [0.1, 0.15) is 22.9 Å². The van der Waals surface area contributed by atoms with Crippen LogP contribution < -0.4 is 4.74 Å². The third kappa shape index (κ3) is 4.73. The minimum Gasteiger partial charge on any atom is -0.507 e. The first kappa shape index (κ1) is 22.9. The Morgan fingerprint density at radius 3 is 2.58 bits per heavy atom. The monoisotopic (exact) mass is 449 g/mol. The van der Waals surface area contributed by atoms with Gasteiger partial charge >= 0.3 is 0 Å². The Balaban J connectivity index is 1.64. The third-order valence-corrected chi connectivity index (χ3v) is 6.04. The van der Waals surface area contributed by atoms with Crippen LogP contribution in [0.15, 0.2) is 48.5 Å². The smallest absolute Gasteiger partial charge is 0.273 e. The highest BCUT2D eigenvalue weighted by molar-refractivity contribution is 6.00. The van der Waals surface area contributed by atoms with E-state index < -0.39 is 0 Å². The summed E-state index contributed by atoms with van der Waals surface area (Å²) >= 11 is 0. The molecule has 1 aliphatic rings. The predicted octanol–water partition coefficient (Wildman–Crippen LogP) is 4.67. The van der Waals surface area contributed by atoms with Crippen LogP contribution in [0.1, 0.15) is 66.7 Å². The molecule has 1 atom stereocenters. The lowest BCUT2D eigenvalue weighted by atomic mass is 9.95. The molecular weight excluding hydrogens is 418 g/mol. The molecule has 0 saturated carbocycles. The zero-order valence-electron chi connectivity index (χ0n) is 19.0. The van der Waals surface area contributed by atoms with Crippen molar-refractivity contribution in [1.82, 2.24) is 15.1 Å². The molecule has 1 aliphatic heterocycles. The molecule has 2 heterocycles. The van der Waals surface area contributed by atoms with Crippen LogP contribution in [-0.4, -0.2) is 51.0 Å². The lowest BCUT2D eigenvalue weighted by molar-refractivity contribution is 0.0732. The number of phenols is 1. The summed E-state index contributed by atoms with van der Waals surface area (Å²) in [5.41, 5.74) is 3.23. The Kier molecular flexibility index (Phi) is 7.29. The average molecular weight is 450 g/mol. The van der Waals surface area contributed by atoms with Gasteiger partial charge in [0.05, 0.1) is 12.6 Å². The van der Waals surface area contributed by atoms with Gasteiger partial charge in [-0.25, -0.2) is 0 Å². The van der Waals surface area contributed by atoms with Gasteiger partial charge in [-0.1, -0.05) is 50.5 Å². The van der Waals surface area contributed by atoms with E-state index in [0.29, 0.717) is 36.5 Å². The Hall–Kier alpha value is -3.32. The molecule has 33 heavy (non-hydrogen) atoms. The Bertz CT molecular complexity index is 1080. The number of aliphatic hydroxyl groups is 1. The van der Waals surface area contributed by atoms with E-state index in [0.717, 1.165) is 29.7 Å². The molecule has 1 aromatic heterocycles. The van der Waals surface area contributed by atoms with Crippen LogP contribution in [-0.2, 0) is 0 Å². The van der Waals surface area contributed by atoms with Crippen LogP contribution in [0.3, 0.4) is 0 Å². The number of fused-ring (bicyclic) bond motifs is 1.